The summed E-state index contributed by atoms with van der Waals surface area (Å²) in [7, 11) is 0. The Kier molecular flexibility index (Phi) is 4.90. The molecule has 1 rings (SSSR count). The molecule has 0 fully saturated rings. The van der Waals surface area contributed by atoms with E-state index in [0.29, 0.717) is 5.56 Å². The number of benzene rings is 1. The van der Waals surface area contributed by atoms with Crippen LogP contribution in [-0.4, -0.2) is 29.2 Å². The molecule has 0 saturated carbocycles. The van der Waals surface area contributed by atoms with Gasteiger partial charge in [0.1, 0.15) is 6.04 Å². The van der Waals surface area contributed by atoms with E-state index in [1.54, 1.807) is 30.3 Å². The summed E-state index contributed by atoms with van der Waals surface area (Å²) < 4.78 is 36.6. The van der Waals surface area contributed by atoms with Crippen molar-refractivity contribution in [2.75, 3.05) is 0 Å². The molecule has 0 heterocycles. The SMILES string of the molecule is C=C[C@@H](c1ccccc1)[C@H](NC(=O)C(F)(F)F)C(=O)O. The van der Waals surface area contributed by atoms with E-state index in [-0.39, 0.29) is 0 Å². The number of carboxylic acid groups (broad SMARTS) is 1. The van der Waals surface area contributed by atoms with Crippen LogP contribution in [0, 0.1) is 0 Å². The van der Waals surface area contributed by atoms with Crippen LogP contribution >= 0.6 is 0 Å². The molecule has 20 heavy (non-hydrogen) atoms. The molecule has 1 aromatic carbocycles. The molecule has 0 radical (unpaired) electrons. The van der Waals surface area contributed by atoms with Crippen molar-refractivity contribution in [2.45, 2.75) is 18.1 Å². The molecule has 0 bridgehead atoms. The highest BCUT2D eigenvalue weighted by molar-refractivity contribution is 5.87. The average molecular weight is 287 g/mol. The van der Waals surface area contributed by atoms with E-state index in [1.165, 1.54) is 11.4 Å². The second-order valence-electron chi connectivity index (χ2n) is 3.96. The number of carbonyl (C=O) groups excluding carboxylic acids is 1. The van der Waals surface area contributed by atoms with Crippen LogP contribution in [-0.2, 0) is 9.59 Å². The van der Waals surface area contributed by atoms with Gasteiger partial charge in [-0.1, -0.05) is 36.4 Å². The second-order valence-corrected chi connectivity index (χ2v) is 3.96. The lowest BCUT2D eigenvalue weighted by atomic mass is 9.91. The number of carbonyl (C=O) groups is 2. The zero-order valence-corrected chi connectivity index (χ0v) is 10.2. The molecule has 0 spiro atoms. The first-order valence-electron chi connectivity index (χ1n) is 5.55. The van der Waals surface area contributed by atoms with Crippen LogP contribution in [0.3, 0.4) is 0 Å². The number of hydrogen-bond acceptors (Lipinski definition) is 2. The Morgan fingerprint density at radius 3 is 2.20 bits per heavy atom. The van der Waals surface area contributed by atoms with Crippen molar-refractivity contribution in [3.05, 3.63) is 48.6 Å². The van der Waals surface area contributed by atoms with E-state index < -0.39 is 30.0 Å². The lowest BCUT2D eigenvalue weighted by Crippen LogP contribution is -2.49. The topological polar surface area (TPSA) is 66.4 Å². The van der Waals surface area contributed by atoms with Crippen LogP contribution in [0.1, 0.15) is 11.5 Å². The fraction of sp³-hybridized carbons (Fsp3) is 0.231. The van der Waals surface area contributed by atoms with Gasteiger partial charge < -0.3 is 10.4 Å². The van der Waals surface area contributed by atoms with Crippen LogP contribution in [0.15, 0.2) is 43.0 Å². The molecule has 2 atom stereocenters. The highest BCUT2D eigenvalue weighted by Crippen LogP contribution is 2.23. The first-order chi connectivity index (χ1) is 9.27. The normalized spacial score (nSPS) is 14.2. The summed E-state index contributed by atoms with van der Waals surface area (Å²) in [4.78, 5) is 22.0. The third-order valence-corrected chi connectivity index (χ3v) is 2.61. The van der Waals surface area contributed by atoms with Crippen molar-refractivity contribution < 1.29 is 27.9 Å². The van der Waals surface area contributed by atoms with Crippen molar-refractivity contribution >= 4 is 11.9 Å². The molecular weight excluding hydrogens is 275 g/mol. The molecule has 108 valence electrons. The van der Waals surface area contributed by atoms with E-state index in [0.717, 1.165) is 0 Å². The first-order valence-corrected chi connectivity index (χ1v) is 5.55. The predicted octanol–water partition coefficient (Wildman–Crippen LogP) is 2.09. The summed E-state index contributed by atoms with van der Waals surface area (Å²) in [6.45, 7) is 3.41. The van der Waals surface area contributed by atoms with E-state index in [4.69, 9.17) is 5.11 Å². The van der Waals surface area contributed by atoms with Crippen molar-refractivity contribution in [2.24, 2.45) is 0 Å². The lowest BCUT2D eigenvalue weighted by molar-refractivity contribution is -0.175. The van der Waals surface area contributed by atoms with Gasteiger partial charge in [0.2, 0.25) is 0 Å². The van der Waals surface area contributed by atoms with Crippen LogP contribution in [0.4, 0.5) is 13.2 Å². The first kappa shape index (κ1) is 15.7. The number of halogens is 3. The van der Waals surface area contributed by atoms with Gasteiger partial charge in [0, 0.05) is 5.92 Å². The molecule has 1 amide bonds. The minimum atomic E-state index is -5.14. The lowest BCUT2D eigenvalue weighted by Gasteiger charge is -2.23. The van der Waals surface area contributed by atoms with E-state index in [1.807, 2.05) is 0 Å². The molecule has 0 aliphatic heterocycles. The molecule has 7 heteroatoms. The van der Waals surface area contributed by atoms with Crippen molar-refractivity contribution in [1.82, 2.24) is 5.32 Å². The zero-order chi connectivity index (χ0) is 15.3. The van der Waals surface area contributed by atoms with E-state index in [2.05, 4.69) is 6.58 Å². The quantitative estimate of drug-likeness (QED) is 0.815. The summed E-state index contributed by atoms with van der Waals surface area (Å²) in [5, 5.41) is 10.5. The van der Waals surface area contributed by atoms with Crippen LogP contribution in [0.5, 0.6) is 0 Å². The summed E-state index contributed by atoms with van der Waals surface area (Å²) in [5.41, 5.74) is 0.442. The van der Waals surface area contributed by atoms with Crippen LogP contribution in [0.2, 0.25) is 0 Å². The summed E-state index contributed by atoms with van der Waals surface area (Å²) >= 11 is 0. The highest BCUT2D eigenvalue weighted by Gasteiger charge is 2.42. The molecule has 0 saturated heterocycles. The maximum atomic E-state index is 12.2. The standard InChI is InChI=1S/C13H12F3NO3/c1-2-9(8-6-4-3-5-7-8)10(11(18)19)17-12(20)13(14,15)16/h2-7,9-10H,1H2,(H,17,20)(H,18,19)/t9-,10-/m0/s1. The third kappa shape index (κ3) is 3.84. The average Bonchev–Trinajstić information content (AvgIpc) is 2.38. The van der Waals surface area contributed by atoms with Crippen LogP contribution in [0.25, 0.3) is 0 Å². The molecule has 0 aliphatic carbocycles. The summed E-state index contributed by atoms with van der Waals surface area (Å²) in [6, 6.07) is 6.23. The number of carboxylic acids is 1. The number of rotatable bonds is 5. The number of alkyl halides is 3. The van der Waals surface area contributed by atoms with Gasteiger partial charge in [0.25, 0.3) is 0 Å². The third-order valence-electron chi connectivity index (χ3n) is 2.61. The Balaban J connectivity index is 3.03. The highest BCUT2D eigenvalue weighted by atomic mass is 19.4. The van der Waals surface area contributed by atoms with Crippen LogP contribution < -0.4 is 5.32 Å². The fourth-order valence-electron chi connectivity index (χ4n) is 1.67. The number of nitrogens with one attached hydrogen (secondary N) is 1. The van der Waals surface area contributed by atoms with Gasteiger partial charge in [0.15, 0.2) is 0 Å². The maximum absolute atomic E-state index is 12.2. The summed E-state index contributed by atoms with van der Waals surface area (Å²) in [6.07, 6.45) is -3.96. The minimum absolute atomic E-state index is 0.442. The molecular formula is C13H12F3NO3. The van der Waals surface area contributed by atoms with E-state index >= 15 is 0 Å². The Hall–Kier alpha value is -2.31. The van der Waals surface area contributed by atoms with Crippen molar-refractivity contribution in [1.29, 1.82) is 0 Å². The second kappa shape index (κ2) is 6.23. The van der Waals surface area contributed by atoms with Gasteiger partial charge in [-0.05, 0) is 5.56 Å². The Morgan fingerprint density at radius 1 is 1.25 bits per heavy atom. The number of aliphatic carboxylic acids is 1. The monoisotopic (exact) mass is 287 g/mol. The van der Waals surface area contributed by atoms with Gasteiger partial charge >= 0.3 is 18.1 Å². The molecule has 0 aromatic heterocycles. The minimum Gasteiger partial charge on any atom is -0.480 e. The molecule has 0 aliphatic rings. The smallest absolute Gasteiger partial charge is 0.471 e. The van der Waals surface area contributed by atoms with Gasteiger partial charge in [-0.25, -0.2) is 4.79 Å². The van der Waals surface area contributed by atoms with Gasteiger partial charge in [-0.3, -0.25) is 4.79 Å². The van der Waals surface area contributed by atoms with Crippen molar-refractivity contribution in [3.8, 4) is 0 Å². The Bertz CT molecular complexity index is 499. The molecule has 4 nitrogen and oxygen atoms in total. The maximum Gasteiger partial charge on any atom is 0.471 e. The van der Waals surface area contributed by atoms with Gasteiger partial charge in [-0.2, -0.15) is 13.2 Å². The zero-order valence-electron chi connectivity index (χ0n) is 10.2. The predicted molar refractivity (Wildman–Crippen MR) is 65.0 cm³/mol. The number of hydrogen-bond donors (Lipinski definition) is 2. The fourth-order valence-corrected chi connectivity index (χ4v) is 1.67. The van der Waals surface area contributed by atoms with Gasteiger partial charge in [0.05, 0.1) is 0 Å². The Morgan fingerprint density at radius 2 is 1.80 bits per heavy atom. The molecule has 1 aromatic rings. The summed E-state index contributed by atoms with van der Waals surface area (Å²) in [5.74, 6) is -4.84. The van der Waals surface area contributed by atoms with Crippen molar-refractivity contribution in [3.63, 3.8) is 0 Å². The van der Waals surface area contributed by atoms with Gasteiger partial charge in [-0.15, -0.1) is 6.58 Å². The molecule has 0 unspecified atom stereocenters. The molecule has 2 N–H and O–H groups in total. The Labute approximate surface area is 112 Å². The van der Waals surface area contributed by atoms with E-state index in [9.17, 15) is 22.8 Å². The largest absolute Gasteiger partial charge is 0.480 e. The number of amides is 1.